The van der Waals surface area contributed by atoms with E-state index in [1.54, 1.807) is 0 Å². The van der Waals surface area contributed by atoms with E-state index in [2.05, 4.69) is 20.7 Å². The first-order chi connectivity index (χ1) is 16.7. The molecule has 9 heteroatoms. The Morgan fingerprint density at radius 3 is 2.37 bits per heavy atom. The Morgan fingerprint density at radius 1 is 1.03 bits per heavy atom. The van der Waals surface area contributed by atoms with Gasteiger partial charge in [-0.2, -0.15) is 4.80 Å². The molecular formula is C26H28N6O2S. The van der Waals surface area contributed by atoms with Crippen molar-refractivity contribution in [3.8, 4) is 11.4 Å². The van der Waals surface area contributed by atoms with Crippen LogP contribution in [0, 0.1) is 6.92 Å². The minimum absolute atomic E-state index is 0.168. The molecule has 2 aromatic carbocycles. The monoisotopic (exact) mass is 488 g/mol. The third kappa shape index (κ3) is 5.99. The molecule has 1 atom stereocenters. The molecule has 2 heterocycles. The first-order valence-corrected chi connectivity index (χ1v) is 12.2. The number of benzene rings is 2. The van der Waals surface area contributed by atoms with Crippen molar-refractivity contribution in [1.82, 2.24) is 25.5 Å². The molecule has 2 amide bonds. The lowest BCUT2D eigenvalue weighted by Gasteiger charge is -2.32. The van der Waals surface area contributed by atoms with Crippen LogP contribution in [0.1, 0.15) is 37.3 Å². The Kier molecular flexibility index (Phi) is 7.07. The second-order valence-corrected chi connectivity index (χ2v) is 10.2. The molecule has 4 aromatic rings. The molecule has 0 spiro atoms. The van der Waals surface area contributed by atoms with E-state index < -0.39 is 11.6 Å². The van der Waals surface area contributed by atoms with Gasteiger partial charge in [-0.1, -0.05) is 54.1 Å². The van der Waals surface area contributed by atoms with Crippen LogP contribution in [-0.4, -0.2) is 37.6 Å². The molecule has 0 fully saturated rings. The second kappa shape index (κ2) is 10.2. The number of aryl methyl sites for hydroxylation is 1. The fourth-order valence-electron chi connectivity index (χ4n) is 3.61. The molecule has 0 unspecified atom stereocenters. The molecule has 180 valence electrons. The summed E-state index contributed by atoms with van der Waals surface area (Å²) in [6.07, 6.45) is 0. The topological polar surface area (TPSA) is 93.0 Å². The number of tetrazole rings is 1. The summed E-state index contributed by atoms with van der Waals surface area (Å²) < 4.78 is 0. The van der Waals surface area contributed by atoms with Crippen molar-refractivity contribution in [2.24, 2.45) is 0 Å². The maximum Gasteiger partial charge on any atom is 0.251 e. The quantitative estimate of drug-likeness (QED) is 0.416. The second-order valence-electron chi connectivity index (χ2n) is 9.27. The van der Waals surface area contributed by atoms with Gasteiger partial charge in [0.1, 0.15) is 12.6 Å². The number of thiophene rings is 1. The lowest BCUT2D eigenvalue weighted by molar-refractivity contribution is -0.128. The van der Waals surface area contributed by atoms with Gasteiger partial charge in [0.2, 0.25) is 11.7 Å². The minimum Gasteiger partial charge on any atom is -0.349 e. The van der Waals surface area contributed by atoms with Crippen LogP contribution in [0.2, 0.25) is 0 Å². The summed E-state index contributed by atoms with van der Waals surface area (Å²) in [5, 5.41) is 17.5. The average molecular weight is 489 g/mol. The Hall–Kier alpha value is -3.85. The van der Waals surface area contributed by atoms with Crippen molar-refractivity contribution >= 4 is 28.8 Å². The van der Waals surface area contributed by atoms with Crippen LogP contribution in [0.3, 0.4) is 0 Å². The van der Waals surface area contributed by atoms with Crippen LogP contribution in [0.15, 0.2) is 72.1 Å². The molecule has 2 aromatic heterocycles. The zero-order valence-electron chi connectivity index (χ0n) is 20.2. The van der Waals surface area contributed by atoms with E-state index in [9.17, 15) is 9.59 Å². The summed E-state index contributed by atoms with van der Waals surface area (Å²) in [6, 6.07) is 19.8. The van der Waals surface area contributed by atoms with E-state index in [0.717, 1.165) is 16.0 Å². The van der Waals surface area contributed by atoms with Crippen LogP contribution in [0.5, 0.6) is 0 Å². The number of nitrogens with one attached hydrogen (secondary N) is 1. The van der Waals surface area contributed by atoms with E-state index in [0.29, 0.717) is 11.5 Å². The molecule has 0 radical (unpaired) electrons. The fraction of sp³-hybridized carbons (Fsp3) is 0.269. The number of rotatable bonds is 7. The number of para-hydroxylation sites is 1. The van der Waals surface area contributed by atoms with Gasteiger partial charge in [0, 0.05) is 21.7 Å². The predicted molar refractivity (Wildman–Crippen MR) is 137 cm³/mol. The van der Waals surface area contributed by atoms with Gasteiger partial charge in [-0.15, -0.1) is 21.5 Å². The third-order valence-electron chi connectivity index (χ3n) is 5.16. The van der Waals surface area contributed by atoms with Crippen molar-refractivity contribution in [3.05, 3.63) is 82.6 Å². The van der Waals surface area contributed by atoms with Gasteiger partial charge < -0.3 is 5.32 Å². The van der Waals surface area contributed by atoms with Crippen molar-refractivity contribution in [2.45, 2.75) is 45.8 Å². The number of aromatic nitrogens is 4. The maximum atomic E-state index is 13.7. The molecule has 0 bridgehead atoms. The van der Waals surface area contributed by atoms with Crippen LogP contribution < -0.4 is 10.2 Å². The van der Waals surface area contributed by atoms with E-state index in [1.165, 1.54) is 21.0 Å². The molecule has 0 aliphatic carbocycles. The third-order valence-corrected chi connectivity index (χ3v) is 6.08. The van der Waals surface area contributed by atoms with E-state index in [1.807, 2.05) is 99.8 Å². The molecule has 8 nitrogen and oxygen atoms in total. The standard InChI is InChI=1S/C26H28N6O2S/c1-18-12-14-19(15-13-18)24-28-30-31(29-24)17-22(33)32(20-9-6-5-7-10-20)23(21-11-8-16-35-21)25(34)27-26(2,3)4/h5-16,23H,17H2,1-4H3,(H,27,34)/t23-/m0/s1. The predicted octanol–water partition coefficient (Wildman–Crippen LogP) is 4.40. The van der Waals surface area contributed by atoms with Crippen LogP contribution in [-0.2, 0) is 16.1 Å². The molecule has 35 heavy (non-hydrogen) atoms. The number of hydrogen-bond donors (Lipinski definition) is 1. The zero-order chi connectivity index (χ0) is 25.0. The number of hydrogen-bond acceptors (Lipinski definition) is 6. The summed E-state index contributed by atoms with van der Waals surface area (Å²) in [4.78, 5) is 30.8. The highest BCUT2D eigenvalue weighted by Crippen LogP contribution is 2.31. The summed E-state index contributed by atoms with van der Waals surface area (Å²) in [5.41, 5.74) is 2.09. The van der Waals surface area contributed by atoms with E-state index in [4.69, 9.17) is 0 Å². The van der Waals surface area contributed by atoms with Gasteiger partial charge in [-0.3, -0.25) is 14.5 Å². The number of carbonyl (C=O) groups is 2. The molecule has 0 saturated heterocycles. The van der Waals surface area contributed by atoms with Crippen molar-refractivity contribution in [3.63, 3.8) is 0 Å². The highest BCUT2D eigenvalue weighted by molar-refractivity contribution is 7.10. The zero-order valence-corrected chi connectivity index (χ0v) is 21.0. The molecule has 4 rings (SSSR count). The summed E-state index contributed by atoms with van der Waals surface area (Å²) in [7, 11) is 0. The molecule has 0 aliphatic heterocycles. The molecule has 0 aliphatic rings. The van der Waals surface area contributed by atoms with Gasteiger partial charge >= 0.3 is 0 Å². The van der Waals surface area contributed by atoms with E-state index >= 15 is 0 Å². The average Bonchev–Trinajstić information content (AvgIpc) is 3.49. The van der Waals surface area contributed by atoms with Gasteiger partial charge in [0.25, 0.3) is 5.91 Å². The van der Waals surface area contributed by atoms with Gasteiger partial charge in [-0.05, 0) is 56.5 Å². The molecular weight excluding hydrogens is 460 g/mol. The minimum atomic E-state index is -0.843. The summed E-state index contributed by atoms with van der Waals surface area (Å²) in [5.74, 6) is -0.153. The Morgan fingerprint density at radius 2 is 1.74 bits per heavy atom. The Balaban J connectivity index is 1.67. The maximum absolute atomic E-state index is 13.7. The van der Waals surface area contributed by atoms with Gasteiger partial charge in [-0.25, -0.2) is 0 Å². The Bertz CT molecular complexity index is 1280. The highest BCUT2D eigenvalue weighted by atomic mass is 32.1. The van der Waals surface area contributed by atoms with E-state index in [-0.39, 0.29) is 18.4 Å². The summed E-state index contributed by atoms with van der Waals surface area (Å²) >= 11 is 1.43. The molecule has 0 saturated carbocycles. The normalized spacial score (nSPS) is 12.2. The van der Waals surface area contributed by atoms with Crippen LogP contribution in [0.25, 0.3) is 11.4 Å². The smallest absolute Gasteiger partial charge is 0.251 e. The first kappa shape index (κ1) is 24.3. The van der Waals surface area contributed by atoms with Crippen molar-refractivity contribution in [1.29, 1.82) is 0 Å². The molecule has 1 N–H and O–H groups in total. The Labute approximate surface area is 208 Å². The largest absolute Gasteiger partial charge is 0.349 e. The summed E-state index contributed by atoms with van der Waals surface area (Å²) in [6.45, 7) is 7.58. The highest BCUT2D eigenvalue weighted by Gasteiger charge is 2.35. The lowest BCUT2D eigenvalue weighted by Crippen LogP contribution is -2.50. The van der Waals surface area contributed by atoms with Crippen LogP contribution >= 0.6 is 11.3 Å². The SMILES string of the molecule is Cc1ccc(-c2nnn(CC(=O)N(c3ccccc3)[C@H](C(=O)NC(C)(C)C)c3cccs3)n2)cc1. The van der Waals surface area contributed by atoms with Crippen molar-refractivity contribution in [2.75, 3.05) is 4.90 Å². The van der Waals surface area contributed by atoms with Crippen molar-refractivity contribution < 1.29 is 9.59 Å². The van der Waals surface area contributed by atoms with Gasteiger partial charge in [0.05, 0.1) is 0 Å². The van der Waals surface area contributed by atoms with Crippen LogP contribution in [0.4, 0.5) is 5.69 Å². The number of amides is 2. The number of anilines is 1. The fourth-order valence-corrected chi connectivity index (χ4v) is 4.42. The number of nitrogens with zero attached hydrogens (tertiary/aromatic N) is 5. The first-order valence-electron chi connectivity index (χ1n) is 11.3. The lowest BCUT2D eigenvalue weighted by atomic mass is 10.1. The number of carbonyl (C=O) groups excluding carboxylic acids is 2. The van der Waals surface area contributed by atoms with Gasteiger partial charge in [0.15, 0.2) is 0 Å².